The predicted octanol–water partition coefficient (Wildman–Crippen LogP) is 15.3. The average molecular weight is 793 g/mol. The zero-order valence-electron chi connectivity index (χ0n) is 32.7. The van der Waals surface area contributed by atoms with Gasteiger partial charge in [-0.2, -0.15) is 0 Å². The van der Waals surface area contributed by atoms with Gasteiger partial charge in [-0.05, 0) is 86.2 Å². The lowest BCUT2D eigenvalue weighted by Crippen LogP contribution is -2.03. The summed E-state index contributed by atoms with van der Waals surface area (Å²) in [6.07, 6.45) is 0. The van der Waals surface area contributed by atoms with Gasteiger partial charge in [-0.15, -0.1) is 11.3 Å². The minimum atomic E-state index is 0.819. The van der Waals surface area contributed by atoms with Crippen LogP contribution in [0.1, 0.15) is 0 Å². The van der Waals surface area contributed by atoms with E-state index in [1.54, 1.807) is 11.3 Å². The van der Waals surface area contributed by atoms with Crippen LogP contribution in [0.3, 0.4) is 0 Å². The highest BCUT2D eigenvalue weighted by Crippen LogP contribution is 2.47. The maximum Gasteiger partial charge on any atom is 0.165 e. The summed E-state index contributed by atoms with van der Waals surface area (Å²) in [5.74, 6) is 0.819. The van der Waals surface area contributed by atoms with Crippen molar-refractivity contribution in [1.82, 2.24) is 19.1 Å². The molecule has 61 heavy (non-hydrogen) atoms. The molecule has 10 aromatic carbocycles. The molecule has 5 heteroatoms. The van der Waals surface area contributed by atoms with E-state index in [1.807, 2.05) is 0 Å². The Labute approximate surface area is 352 Å². The molecular weight excluding hydrogens is 761 g/mol. The number of benzene rings is 10. The largest absolute Gasteiger partial charge is 0.309 e. The Balaban J connectivity index is 1.20. The van der Waals surface area contributed by atoms with E-state index in [9.17, 15) is 0 Å². The summed E-state index contributed by atoms with van der Waals surface area (Å²) in [4.78, 5) is 12.5. The lowest BCUT2D eigenvalue weighted by Gasteiger charge is -2.15. The molecule has 4 heterocycles. The summed E-state index contributed by atoms with van der Waals surface area (Å²) in [5, 5.41) is 15.8. The zero-order valence-corrected chi connectivity index (χ0v) is 33.5. The van der Waals surface area contributed by atoms with Gasteiger partial charge in [0.05, 0.1) is 22.1 Å². The van der Waals surface area contributed by atoms with Gasteiger partial charge >= 0.3 is 0 Å². The molecule has 0 bridgehead atoms. The SMILES string of the molecule is c1ccc(-n2c3ccccc3c3c(-c4nc5sc6ccccc6c5nc4-n4c5cc6ccccc6cc5c5c6c7ccccc7c7ccccc7c6ccc54)cccc32)cc1. The molecule has 0 atom stereocenters. The van der Waals surface area contributed by atoms with Crippen LogP contribution in [0.2, 0.25) is 0 Å². The van der Waals surface area contributed by atoms with E-state index < -0.39 is 0 Å². The molecular formula is C56H32N4S. The number of aromatic nitrogens is 4. The number of para-hydroxylation sites is 2. The smallest absolute Gasteiger partial charge is 0.165 e. The molecule has 14 aromatic rings. The van der Waals surface area contributed by atoms with Gasteiger partial charge in [-0.3, -0.25) is 4.57 Å². The molecule has 0 N–H and O–H groups in total. The molecule has 0 saturated heterocycles. The van der Waals surface area contributed by atoms with Crippen LogP contribution < -0.4 is 0 Å². The van der Waals surface area contributed by atoms with Crippen LogP contribution in [0.5, 0.6) is 0 Å². The van der Waals surface area contributed by atoms with Crippen LogP contribution >= 0.6 is 11.3 Å². The predicted molar refractivity (Wildman–Crippen MR) is 259 cm³/mol. The molecule has 4 aromatic heterocycles. The van der Waals surface area contributed by atoms with Crippen molar-refractivity contribution in [2.75, 3.05) is 0 Å². The fourth-order valence-corrected chi connectivity index (χ4v) is 11.4. The summed E-state index contributed by atoms with van der Waals surface area (Å²) in [5.41, 5.74) is 8.45. The number of thiophene rings is 1. The standard InChI is InChI=1S/C56H32N4S/c1-2-17-35(18-3-1)59-45-26-12-10-23-41(45)50-43(25-14-27-46(50)59)53-55(57-54-42-24-11-13-28-49(42)61-56(54)58-53)60-47-30-29-40-38-21-7-6-19-36(38)37-20-8-9-22-39(37)51(40)52(47)44-31-33-15-4-5-16-34(33)32-48(44)60/h1-32H. The first-order valence-corrected chi connectivity index (χ1v) is 21.6. The first kappa shape index (κ1) is 33.0. The van der Waals surface area contributed by atoms with Crippen molar-refractivity contribution in [3.8, 4) is 22.8 Å². The van der Waals surface area contributed by atoms with Gasteiger partial charge < -0.3 is 4.57 Å². The van der Waals surface area contributed by atoms with Crippen LogP contribution in [-0.2, 0) is 0 Å². The van der Waals surface area contributed by atoms with Crippen molar-refractivity contribution in [3.05, 3.63) is 194 Å². The highest BCUT2D eigenvalue weighted by molar-refractivity contribution is 7.25. The molecule has 0 amide bonds. The first-order chi connectivity index (χ1) is 30.3. The molecule has 0 fully saturated rings. The Kier molecular flexibility index (Phi) is 6.68. The van der Waals surface area contributed by atoms with Crippen LogP contribution in [0, 0.1) is 0 Å². The quantitative estimate of drug-likeness (QED) is 0.167. The van der Waals surface area contributed by atoms with E-state index in [2.05, 4.69) is 203 Å². The van der Waals surface area contributed by atoms with E-state index in [1.165, 1.54) is 63.9 Å². The molecule has 0 saturated carbocycles. The van der Waals surface area contributed by atoms with Gasteiger partial charge in [0.1, 0.15) is 16.0 Å². The third kappa shape index (κ3) is 4.53. The summed E-state index contributed by atoms with van der Waals surface area (Å²) in [7, 11) is 0. The van der Waals surface area contributed by atoms with Gasteiger partial charge in [-0.25, -0.2) is 9.97 Å². The minimum absolute atomic E-state index is 0.819. The van der Waals surface area contributed by atoms with Crippen molar-refractivity contribution in [2.24, 2.45) is 0 Å². The molecule has 4 nitrogen and oxygen atoms in total. The maximum atomic E-state index is 5.81. The van der Waals surface area contributed by atoms with E-state index in [0.717, 1.165) is 65.9 Å². The van der Waals surface area contributed by atoms with Gasteiger partial charge in [-0.1, -0.05) is 146 Å². The second kappa shape index (κ2) is 12.3. The van der Waals surface area contributed by atoms with Crippen molar-refractivity contribution < 1.29 is 0 Å². The highest BCUT2D eigenvalue weighted by atomic mass is 32.1. The summed E-state index contributed by atoms with van der Waals surface area (Å²) < 4.78 is 5.98. The van der Waals surface area contributed by atoms with E-state index in [-0.39, 0.29) is 0 Å². The van der Waals surface area contributed by atoms with Crippen molar-refractivity contribution >= 4 is 118 Å². The summed E-state index contributed by atoms with van der Waals surface area (Å²) in [6.45, 7) is 0. The molecule has 14 rings (SSSR count). The van der Waals surface area contributed by atoms with E-state index >= 15 is 0 Å². The summed E-state index contributed by atoms with van der Waals surface area (Å²) >= 11 is 1.71. The first-order valence-electron chi connectivity index (χ1n) is 20.8. The van der Waals surface area contributed by atoms with Crippen molar-refractivity contribution in [3.63, 3.8) is 0 Å². The summed E-state index contributed by atoms with van der Waals surface area (Å²) in [6, 6.07) is 70.6. The highest BCUT2D eigenvalue weighted by Gasteiger charge is 2.26. The van der Waals surface area contributed by atoms with Crippen LogP contribution in [0.4, 0.5) is 0 Å². The van der Waals surface area contributed by atoms with Gasteiger partial charge in [0.25, 0.3) is 0 Å². The third-order valence-electron chi connectivity index (χ3n) is 12.9. The Morgan fingerprint density at radius 3 is 1.77 bits per heavy atom. The number of hydrogen-bond acceptors (Lipinski definition) is 3. The van der Waals surface area contributed by atoms with Crippen LogP contribution in [0.15, 0.2) is 194 Å². The van der Waals surface area contributed by atoms with E-state index in [0.29, 0.717) is 0 Å². The number of nitrogens with zero attached hydrogens (tertiary/aromatic N) is 4. The Morgan fingerprint density at radius 2 is 0.967 bits per heavy atom. The normalized spacial score (nSPS) is 12.3. The molecule has 0 spiro atoms. The van der Waals surface area contributed by atoms with Crippen LogP contribution in [-0.4, -0.2) is 19.1 Å². The zero-order chi connectivity index (χ0) is 39.8. The van der Waals surface area contributed by atoms with Gasteiger partial charge in [0.15, 0.2) is 5.82 Å². The lowest BCUT2D eigenvalue weighted by atomic mass is 9.91. The molecule has 0 radical (unpaired) electrons. The topological polar surface area (TPSA) is 35.6 Å². The van der Waals surface area contributed by atoms with Crippen molar-refractivity contribution in [1.29, 1.82) is 0 Å². The second-order valence-electron chi connectivity index (χ2n) is 16.1. The maximum absolute atomic E-state index is 5.81. The Morgan fingerprint density at radius 1 is 0.361 bits per heavy atom. The monoisotopic (exact) mass is 792 g/mol. The molecule has 0 unspecified atom stereocenters. The molecule has 282 valence electrons. The lowest BCUT2D eigenvalue weighted by molar-refractivity contribution is 1.09. The second-order valence-corrected chi connectivity index (χ2v) is 17.1. The number of fused-ring (bicyclic) bond motifs is 17. The molecule has 0 aliphatic rings. The number of rotatable bonds is 3. The Bertz CT molecular complexity index is 4140. The molecule has 0 aliphatic carbocycles. The average Bonchev–Trinajstić information content (AvgIpc) is 3.97. The molecule has 0 aliphatic heterocycles. The van der Waals surface area contributed by atoms with Gasteiger partial charge in [0, 0.05) is 48.3 Å². The van der Waals surface area contributed by atoms with Gasteiger partial charge in [0.2, 0.25) is 0 Å². The van der Waals surface area contributed by atoms with Crippen molar-refractivity contribution in [2.45, 2.75) is 0 Å². The number of hydrogen-bond donors (Lipinski definition) is 0. The van der Waals surface area contributed by atoms with Crippen LogP contribution in [0.25, 0.3) is 130 Å². The van der Waals surface area contributed by atoms with E-state index in [4.69, 9.17) is 9.97 Å². The minimum Gasteiger partial charge on any atom is -0.309 e. The third-order valence-corrected chi connectivity index (χ3v) is 13.9. The fraction of sp³-hybridized carbons (Fsp3) is 0. The Hall–Kier alpha value is -7.86. The fourth-order valence-electron chi connectivity index (χ4n) is 10.3.